The summed E-state index contributed by atoms with van der Waals surface area (Å²) in [5.74, 6) is -1.59. The molecule has 2 aliphatic heterocycles. The summed E-state index contributed by atoms with van der Waals surface area (Å²) < 4.78 is 5.13. The standard InChI is InChI=1S/C14H25N3O4/c1-14(3-5-17(2)6-4-14)9-15-13(20)16-11-8-21-7-10(11)12(18)19/h10-11H,3-9H2,1-2H3,(H,18,19)(H2,15,16,20). The van der Waals surface area contributed by atoms with Crippen LogP contribution in [0.4, 0.5) is 4.79 Å². The third kappa shape index (κ3) is 4.31. The summed E-state index contributed by atoms with van der Waals surface area (Å²) in [7, 11) is 2.10. The number of nitrogens with one attached hydrogen (secondary N) is 2. The first kappa shape index (κ1) is 16.0. The van der Waals surface area contributed by atoms with Gasteiger partial charge in [-0.25, -0.2) is 4.79 Å². The zero-order valence-corrected chi connectivity index (χ0v) is 12.7. The first-order valence-electron chi connectivity index (χ1n) is 7.43. The molecule has 0 bridgehead atoms. The number of hydrogen-bond acceptors (Lipinski definition) is 4. The van der Waals surface area contributed by atoms with Crippen LogP contribution in [-0.2, 0) is 9.53 Å². The number of rotatable bonds is 4. The minimum Gasteiger partial charge on any atom is -0.481 e. The summed E-state index contributed by atoms with van der Waals surface area (Å²) in [4.78, 5) is 25.2. The highest BCUT2D eigenvalue weighted by Gasteiger charge is 2.35. The Morgan fingerprint density at radius 2 is 2.00 bits per heavy atom. The van der Waals surface area contributed by atoms with Crippen LogP contribution in [0.5, 0.6) is 0 Å². The SMILES string of the molecule is CN1CCC(C)(CNC(=O)NC2COCC2C(=O)O)CC1. The lowest BCUT2D eigenvalue weighted by Crippen LogP contribution is -2.50. The number of carbonyl (C=O) groups is 2. The van der Waals surface area contributed by atoms with Gasteiger partial charge in [0.1, 0.15) is 5.92 Å². The third-order valence-corrected chi connectivity index (χ3v) is 4.58. The van der Waals surface area contributed by atoms with Crippen LogP contribution >= 0.6 is 0 Å². The lowest BCUT2D eigenvalue weighted by atomic mass is 9.80. The summed E-state index contributed by atoms with van der Waals surface area (Å²) >= 11 is 0. The number of amides is 2. The van der Waals surface area contributed by atoms with E-state index in [4.69, 9.17) is 9.84 Å². The predicted octanol–water partition coefficient (Wildman–Crippen LogP) is 0.117. The number of carbonyl (C=O) groups excluding carboxylic acids is 1. The molecule has 0 aromatic carbocycles. The number of hydrogen-bond donors (Lipinski definition) is 3. The Bertz CT molecular complexity index is 394. The van der Waals surface area contributed by atoms with Crippen LogP contribution in [0.15, 0.2) is 0 Å². The van der Waals surface area contributed by atoms with Gasteiger partial charge in [-0.15, -0.1) is 0 Å². The Morgan fingerprint density at radius 3 is 2.62 bits per heavy atom. The molecule has 0 spiro atoms. The number of likely N-dealkylation sites (tertiary alicyclic amines) is 1. The van der Waals surface area contributed by atoms with Crippen molar-refractivity contribution in [1.82, 2.24) is 15.5 Å². The van der Waals surface area contributed by atoms with E-state index >= 15 is 0 Å². The summed E-state index contributed by atoms with van der Waals surface area (Å²) in [6.45, 7) is 5.28. The Hall–Kier alpha value is -1.34. The number of aliphatic carboxylic acids is 1. The molecule has 0 saturated carbocycles. The van der Waals surface area contributed by atoms with Gasteiger partial charge in [0, 0.05) is 6.54 Å². The second kappa shape index (κ2) is 6.62. The number of urea groups is 1. The Morgan fingerprint density at radius 1 is 1.33 bits per heavy atom. The normalized spacial score (nSPS) is 29.0. The molecular weight excluding hydrogens is 274 g/mol. The topological polar surface area (TPSA) is 90.9 Å². The molecule has 0 radical (unpaired) electrons. The summed E-state index contributed by atoms with van der Waals surface area (Å²) in [6, 6.07) is -0.760. The van der Waals surface area contributed by atoms with Crippen molar-refractivity contribution in [3.05, 3.63) is 0 Å². The van der Waals surface area contributed by atoms with Crippen molar-refractivity contribution >= 4 is 12.0 Å². The highest BCUT2D eigenvalue weighted by atomic mass is 16.5. The molecule has 2 fully saturated rings. The smallest absolute Gasteiger partial charge is 0.315 e. The van der Waals surface area contributed by atoms with Crippen molar-refractivity contribution in [3.8, 4) is 0 Å². The van der Waals surface area contributed by atoms with E-state index in [0.717, 1.165) is 25.9 Å². The van der Waals surface area contributed by atoms with E-state index in [9.17, 15) is 9.59 Å². The molecule has 2 atom stereocenters. The van der Waals surface area contributed by atoms with Gasteiger partial charge in [0.25, 0.3) is 0 Å². The van der Waals surface area contributed by atoms with Gasteiger partial charge in [0.2, 0.25) is 0 Å². The van der Waals surface area contributed by atoms with Crippen LogP contribution in [-0.4, -0.2) is 67.9 Å². The maximum atomic E-state index is 11.9. The Labute approximate surface area is 125 Å². The van der Waals surface area contributed by atoms with E-state index in [2.05, 4.69) is 29.5 Å². The fourth-order valence-electron chi connectivity index (χ4n) is 2.79. The highest BCUT2D eigenvalue weighted by Crippen LogP contribution is 2.29. The number of nitrogens with zero attached hydrogens (tertiary/aromatic N) is 1. The van der Waals surface area contributed by atoms with Crippen LogP contribution < -0.4 is 10.6 Å². The molecule has 3 N–H and O–H groups in total. The molecule has 0 aromatic heterocycles. The average molecular weight is 299 g/mol. The van der Waals surface area contributed by atoms with Crippen LogP contribution in [0.2, 0.25) is 0 Å². The maximum Gasteiger partial charge on any atom is 0.315 e. The van der Waals surface area contributed by atoms with Gasteiger partial charge >= 0.3 is 12.0 Å². The van der Waals surface area contributed by atoms with Crippen LogP contribution in [0.3, 0.4) is 0 Å². The van der Waals surface area contributed by atoms with Crippen molar-refractivity contribution in [2.24, 2.45) is 11.3 Å². The molecule has 2 heterocycles. The molecule has 0 aromatic rings. The van der Waals surface area contributed by atoms with E-state index < -0.39 is 17.9 Å². The van der Waals surface area contributed by atoms with E-state index in [-0.39, 0.29) is 24.7 Å². The van der Waals surface area contributed by atoms with Crippen molar-refractivity contribution in [2.75, 3.05) is 39.9 Å². The molecule has 0 aliphatic carbocycles. The molecule has 2 amide bonds. The maximum absolute atomic E-state index is 11.9. The first-order valence-corrected chi connectivity index (χ1v) is 7.43. The minimum absolute atomic E-state index is 0.113. The molecule has 2 rings (SSSR count). The summed E-state index contributed by atoms with van der Waals surface area (Å²) in [5, 5.41) is 14.6. The van der Waals surface area contributed by atoms with E-state index in [0.29, 0.717) is 6.54 Å². The molecule has 7 nitrogen and oxygen atoms in total. The number of carboxylic acids is 1. The molecule has 7 heteroatoms. The van der Waals surface area contributed by atoms with E-state index in [1.165, 1.54) is 0 Å². The first-order chi connectivity index (χ1) is 9.89. The summed E-state index contributed by atoms with van der Waals surface area (Å²) in [6.07, 6.45) is 2.10. The quantitative estimate of drug-likeness (QED) is 0.686. The molecular formula is C14H25N3O4. The third-order valence-electron chi connectivity index (χ3n) is 4.58. The van der Waals surface area contributed by atoms with Gasteiger partial charge in [-0.1, -0.05) is 6.92 Å². The van der Waals surface area contributed by atoms with E-state index in [1.807, 2.05) is 0 Å². The molecule has 2 unspecified atom stereocenters. The average Bonchev–Trinajstić information content (AvgIpc) is 2.89. The minimum atomic E-state index is -0.930. The molecule has 21 heavy (non-hydrogen) atoms. The van der Waals surface area contributed by atoms with Crippen LogP contribution in [0, 0.1) is 11.3 Å². The lowest BCUT2D eigenvalue weighted by Gasteiger charge is -2.38. The Kier molecular flexibility index (Phi) is 5.05. The zero-order chi connectivity index (χ0) is 15.5. The van der Waals surface area contributed by atoms with Gasteiger partial charge in [-0.3, -0.25) is 4.79 Å². The fraction of sp³-hybridized carbons (Fsp3) is 0.857. The van der Waals surface area contributed by atoms with Gasteiger partial charge in [-0.2, -0.15) is 0 Å². The number of carboxylic acid groups (broad SMARTS) is 1. The van der Waals surface area contributed by atoms with Crippen molar-refractivity contribution in [3.63, 3.8) is 0 Å². The molecule has 120 valence electrons. The molecule has 2 aliphatic rings. The van der Waals surface area contributed by atoms with Crippen molar-refractivity contribution in [2.45, 2.75) is 25.8 Å². The number of piperidine rings is 1. The lowest BCUT2D eigenvalue weighted by molar-refractivity contribution is -0.142. The van der Waals surface area contributed by atoms with Gasteiger partial charge in [0.15, 0.2) is 0 Å². The highest BCUT2D eigenvalue weighted by molar-refractivity contribution is 5.77. The van der Waals surface area contributed by atoms with Gasteiger partial charge in [0.05, 0.1) is 19.3 Å². The van der Waals surface area contributed by atoms with Crippen molar-refractivity contribution < 1.29 is 19.4 Å². The Balaban J connectivity index is 1.76. The number of ether oxygens (including phenoxy) is 1. The fourth-order valence-corrected chi connectivity index (χ4v) is 2.79. The van der Waals surface area contributed by atoms with Crippen LogP contribution in [0.1, 0.15) is 19.8 Å². The predicted molar refractivity (Wildman–Crippen MR) is 77.1 cm³/mol. The van der Waals surface area contributed by atoms with Crippen LogP contribution in [0.25, 0.3) is 0 Å². The second-order valence-corrected chi connectivity index (χ2v) is 6.53. The monoisotopic (exact) mass is 299 g/mol. The largest absolute Gasteiger partial charge is 0.481 e. The van der Waals surface area contributed by atoms with Crippen molar-refractivity contribution in [1.29, 1.82) is 0 Å². The zero-order valence-electron chi connectivity index (χ0n) is 12.7. The van der Waals surface area contributed by atoms with Gasteiger partial charge in [-0.05, 0) is 38.4 Å². The van der Waals surface area contributed by atoms with E-state index in [1.54, 1.807) is 0 Å². The van der Waals surface area contributed by atoms with Gasteiger partial charge < -0.3 is 25.4 Å². The second-order valence-electron chi connectivity index (χ2n) is 6.53. The molecule has 2 saturated heterocycles. The summed E-state index contributed by atoms with van der Waals surface area (Å²) in [5.41, 5.74) is 0.113.